The summed E-state index contributed by atoms with van der Waals surface area (Å²) in [6.45, 7) is 0. The van der Waals surface area contributed by atoms with Gasteiger partial charge in [0, 0.05) is 19.3 Å². The number of ketones is 1. The molecule has 0 radical (unpaired) electrons. The molecule has 1 fully saturated rings. The van der Waals surface area contributed by atoms with E-state index in [0.29, 0.717) is 25.7 Å². The van der Waals surface area contributed by atoms with Crippen molar-refractivity contribution in [2.45, 2.75) is 44.6 Å². The Hall–Kier alpha value is -2.17. The van der Waals surface area contributed by atoms with E-state index in [1.165, 1.54) is 0 Å². The van der Waals surface area contributed by atoms with Gasteiger partial charge in [-0.25, -0.2) is 0 Å². The number of carbonyl (C=O) groups excluding carboxylic acids is 3. The van der Waals surface area contributed by atoms with E-state index in [-0.39, 0.29) is 17.6 Å². The molecule has 118 valence electrons. The summed E-state index contributed by atoms with van der Waals surface area (Å²) in [5.74, 6) is -0.793. The van der Waals surface area contributed by atoms with Crippen LogP contribution >= 0.6 is 0 Å². The van der Waals surface area contributed by atoms with E-state index in [2.05, 4.69) is 5.32 Å². The standard InChI is InChI=1S/C17H22N2O3/c18-17(22)16(13-7-4-8-14(20)11-13)19-15(21)10-9-12-5-2-1-3-6-12/h1-3,5-6,13,16H,4,7-11H2,(H2,18,22)(H,19,21)/t13-,16-/m0/s1. The summed E-state index contributed by atoms with van der Waals surface area (Å²) in [6, 6.07) is 8.94. The third-order valence-corrected chi connectivity index (χ3v) is 4.10. The Bertz CT molecular complexity index is 542. The van der Waals surface area contributed by atoms with Gasteiger partial charge in [-0.15, -0.1) is 0 Å². The molecule has 5 heteroatoms. The van der Waals surface area contributed by atoms with E-state index in [9.17, 15) is 14.4 Å². The van der Waals surface area contributed by atoms with E-state index >= 15 is 0 Å². The van der Waals surface area contributed by atoms with Gasteiger partial charge in [0.2, 0.25) is 11.8 Å². The van der Waals surface area contributed by atoms with Crippen LogP contribution in [0.2, 0.25) is 0 Å². The first kappa shape index (κ1) is 16.2. The largest absolute Gasteiger partial charge is 0.368 e. The molecule has 2 atom stereocenters. The van der Waals surface area contributed by atoms with Gasteiger partial charge in [-0.1, -0.05) is 30.3 Å². The number of hydrogen-bond donors (Lipinski definition) is 2. The van der Waals surface area contributed by atoms with Crippen LogP contribution in [0.4, 0.5) is 0 Å². The van der Waals surface area contributed by atoms with Gasteiger partial charge in [-0.3, -0.25) is 14.4 Å². The topological polar surface area (TPSA) is 89.3 Å². The number of nitrogens with one attached hydrogen (secondary N) is 1. The van der Waals surface area contributed by atoms with Crippen molar-refractivity contribution in [2.24, 2.45) is 11.7 Å². The fourth-order valence-corrected chi connectivity index (χ4v) is 2.91. The zero-order valence-electron chi connectivity index (χ0n) is 12.6. The smallest absolute Gasteiger partial charge is 0.240 e. The van der Waals surface area contributed by atoms with Crippen LogP contribution in [0.15, 0.2) is 30.3 Å². The number of amides is 2. The number of primary amides is 1. The Labute approximate surface area is 130 Å². The van der Waals surface area contributed by atoms with Crippen LogP contribution < -0.4 is 11.1 Å². The second-order valence-corrected chi connectivity index (χ2v) is 5.83. The van der Waals surface area contributed by atoms with E-state index in [1.54, 1.807) is 0 Å². The molecule has 0 heterocycles. The zero-order valence-corrected chi connectivity index (χ0v) is 12.6. The van der Waals surface area contributed by atoms with Gasteiger partial charge in [0.25, 0.3) is 0 Å². The highest BCUT2D eigenvalue weighted by atomic mass is 16.2. The SMILES string of the molecule is NC(=O)[C@@H](NC(=O)CCc1ccccc1)[C@H]1CCCC(=O)C1. The average Bonchev–Trinajstić information content (AvgIpc) is 2.51. The highest BCUT2D eigenvalue weighted by molar-refractivity contribution is 5.88. The molecule has 0 aromatic heterocycles. The number of hydrogen-bond acceptors (Lipinski definition) is 3. The summed E-state index contributed by atoms with van der Waals surface area (Å²) in [6.07, 6.45) is 3.30. The molecule has 1 aliphatic carbocycles. The number of aryl methyl sites for hydroxylation is 1. The first-order valence-electron chi connectivity index (χ1n) is 7.70. The van der Waals surface area contributed by atoms with Crippen molar-refractivity contribution < 1.29 is 14.4 Å². The number of Topliss-reactive ketones (excluding diaryl/α,β-unsaturated/α-hetero) is 1. The maximum absolute atomic E-state index is 12.1. The van der Waals surface area contributed by atoms with Crippen LogP contribution in [0.1, 0.15) is 37.7 Å². The van der Waals surface area contributed by atoms with Crippen LogP contribution in [0.25, 0.3) is 0 Å². The average molecular weight is 302 g/mol. The fraction of sp³-hybridized carbons (Fsp3) is 0.471. The fourth-order valence-electron chi connectivity index (χ4n) is 2.91. The molecule has 1 aromatic carbocycles. The van der Waals surface area contributed by atoms with Crippen LogP contribution in [-0.4, -0.2) is 23.6 Å². The van der Waals surface area contributed by atoms with Gasteiger partial charge >= 0.3 is 0 Å². The molecule has 0 spiro atoms. The van der Waals surface area contributed by atoms with Crippen molar-refractivity contribution in [2.75, 3.05) is 0 Å². The third-order valence-electron chi connectivity index (χ3n) is 4.10. The summed E-state index contributed by atoms with van der Waals surface area (Å²) in [4.78, 5) is 35.2. The molecule has 1 saturated carbocycles. The number of benzene rings is 1. The van der Waals surface area contributed by atoms with Gasteiger partial charge in [0.05, 0.1) is 0 Å². The molecule has 2 rings (SSSR count). The molecule has 2 amide bonds. The normalized spacial score (nSPS) is 19.5. The third kappa shape index (κ3) is 4.69. The van der Waals surface area contributed by atoms with Gasteiger partial charge in [-0.2, -0.15) is 0 Å². The Morgan fingerprint density at radius 1 is 1.27 bits per heavy atom. The first-order valence-corrected chi connectivity index (χ1v) is 7.70. The molecule has 0 saturated heterocycles. The Balaban J connectivity index is 1.88. The van der Waals surface area contributed by atoms with Gasteiger partial charge in [0.15, 0.2) is 0 Å². The molecular weight excluding hydrogens is 280 g/mol. The Morgan fingerprint density at radius 3 is 2.64 bits per heavy atom. The highest BCUT2D eigenvalue weighted by Gasteiger charge is 2.31. The highest BCUT2D eigenvalue weighted by Crippen LogP contribution is 2.24. The number of carbonyl (C=O) groups is 3. The quantitative estimate of drug-likeness (QED) is 0.831. The minimum Gasteiger partial charge on any atom is -0.368 e. The van der Waals surface area contributed by atoms with Crippen LogP contribution in [0.3, 0.4) is 0 Å². The predicted molar refractivity (Wildman–Crippen MR) is 82.9 cm³/mol. The molecule has 3 N–H and O–H groups in total. The summed E-state index contributed by atoms with van der Waals surface area (Å²) in [7, 11) is 0. The van der Waals surface area contributed by atoms with E-state index in [1.807, 2.05) is 30.3 Å². The first-order chi connectivity index (χ1) is 10.6. The molecule has 0 unspecified atom stereocenters. The lowest BCUT2D eigenvalue weighted by Crippen LogP contribution is -2.50. The maximum Gasteiger partial charge on any atom is 0.240 e. The molecule has 1 aliphatic rings. The maximum atomic E-state index is 12.1. The summed E-state index contributed by atoms with van der Waals surface area (Å²) in [5, 5.41) is 2.71. The molecule has 0 aliphatic heterocycles. The van der Waals surface area contributed by atoms with Crippen molar-refractivity contribution in [3.05, 3.63) is 35.9 Å². The van der Waals surface area contributed by atoms with Gasteiger partial charge in [-0.05, 0) is 30.7 Å². The Kier molecular flexibility index (Phi) is 5.69. The van der Waals surface area contributed by atoms with Gasteiger partial charge < -0.3 is 11.1 Å². The van der Waals surface area contributed by atoms with Crippen molar-refractivity contribution >= 4 is 17.6 Å². The molecule has 1 aromatic rings. The monoisotopic (exact) mass is 302 g/mol. The lowest BCUT2D eigenvalue weighted by molar-refractivity contribution is -0.130. The zero-order chi connectivity index (χ0) is 15.9. The Morgan fingerprint density at radius 2 is 2.00 bits per heavy atom. The van der Waals surface area contributed by atoms with Crippen LogP contribution in [0, 0.1) is 5.92 Å². The van der Waals surface area contributed by atoms with Crippen molar-refractivity contribution in [1.29, 1.82) is 0 Å². The van der Waals surface area contributed by atoms with Crippen LogP contribution in [-0.2, 0) is 20.8 Å². The number of nitrogens with two attached hydrogens (primary N) is 1. The summed E-state index contributed by atoms with van der Waals surface area (Å²) >= 11 is 0. The second-order valence-electron chi connectivity index (χ2n) is 5.83. The van der Waals surface area contributed by atoms with Gasteiger partial charge in [0.1, 0.15) is 11.8 Å². The minimum atomic E-state index is -0.743. The van der Waals surface area contributed by atoms with Crippen molar-refractivity contribution in [3.63, 3.8) is 0 Å². The molecule has 5 nitrogen and oxygen atoms in total. The molecule has 22 heavy (non-hydrogen) atoms. The van der Waals surface area contributed by atoms with E-state index in [0.717, 1.165) is 18.4 Å². The van der Waals surface area contributed by atoms with Crippen molar-refractivity contribution in [3.8, 4) is 0 Å². The second kappa shape index (κ2) is 7.73. The summed E-state index contributed by atoms with van der Waals surface area (Å²) < 4.78 is 0. The minimum absolute atomic E-state index is 0.140. The lowest BCUT2D eigenvalue weighted by atomic mass is 9.83. The van der Waals surface area contributed by atoms with Crippen LogP contribution in [0.5, 0.6) is 0 Å². The summed E-state index contributed by atoms with van der Waals surface area (Å²) in [5.41, 5.74) is 6.47. The molecular formula is C17H22N2O3. The number of rotatable bonds is 6. The molecule has 0 bridgehead atoms. The van der Waals surface area contributed by atoms with E-state index in [4.69, 9.17) is 5.73 Å². The predicted octanol–water partition coefficient (Wildman–Crippen LogP) is 1.35. The van der Waals surface area contributed by atoms with Crippen molar-refractivity contribution in [1.82, 2.24) is 5.32 Å². The van der Waals surface area contributed by atoms with E-state index < -0.39 is 11.9 Å². The lowest BCUT2D eigenvalue weighted by Gasteiger charge is -2.28.